The number of rotatable bonds is 10. The minimum atomic E-state index is -0.328. The Morgan fingerprint density at radius 3 is 2.41 bits per heavy atom. The van der Waals surface area contributed by atoms with Gasteiger partial charge >= 0.3 is 6.03 Å². The average molecular weight is 405 g/mol. The normalized spacial score (nSPS) is 14.3. The lowest BCUT2D eigenvalue weighted by Crippen LogP contribution is -2.51. The summed E-state index contributed by atoms with van der Waals surface area (Å²) < 4.78 is 4.95. The van der Waals surface area contributed by atoms with E-state index in [1.54, 1.807) is 24.1 Å². The largest absolute Gasteiger partial charge is 0.385 e. The fourth-order valence-electron chi connectivity index (χ4n) is 3.00. The molecule has 0 unspecified atom stereocenters. The van der Waals surface area contributed by atoms with Crippen LogP contribution < -0.4 is 16.0 Å². The predicted octanol–water partition coefficient (Wildman–Crippen LogP) is 0.495. The Morgan fingerprint density at radius 1 is 1.00 bits per heavy atom. The van der Waals surface area contributed by atoms with E-state index < -0.39 is 0 Å². The number of hydrogen-bond donors (Lipinski definition) is 3. The summed E-state index contributed by atoms with van der Waals surface area (Å²) in [6, 6.07) is 8.81. The zero-order chi connectivity index (χ0) is 20.9. The van der Waals surface area contributed by atoms with Gasteiger partial charge < -0.3 is 25.6 Å². The molecule has 0 radical (unpaired) electrons. The summed E-state index contributed by atoms with van der Waals surface area (Å²) in [5.74, 6) is 0.00295. The number of para-hydroxylation sites is 1. The molecule has 3 N–H and O–H groups in total. The van der Waals surface area contributed by atoms with Crippen LogP contribution >= 0.6 is 0 Å². The maximum atomic E-state index is 12.3. The molecule has 0 bridgehead atoms. The van der Waals surface area contributed by atoms with Gasteiger partial charge in [-0.15, -0.1) is 0 Å². The number of urea groups is 1. The number of piperazine rings is 1. The third-order valence-electron chi connectivity index (χ3n) is 4.60. The Balaban J connectivity index is 1.57. The lowest BCUT2D eigenvalue weighted by Gasteiger charge is -2.34. The smallest absolute Gasteiger partial charge is 0.319 e. The van der Waals surface area contributed by atoms with Crippen LogP contribution in [0.1, 0.15) is 12.8 Å². The van der Waals surface area contributed by atoms with E-state index in [2.05, 4.69) is 16.0 Å². The second-order valence-corrected chi connectivity index (χ2v) is 6.85. The van der Waals surface area contributed by atoms with Crippen molar-refractivity contribution in [2.24, 2.45) is 0 Å². The third kappa shape index (κ3) is 8.93. The van der Waals surface area contributed by atoms with Gasteiger partial charge in [0.25, 0.3) is 0 Å². The van der Waals surface area contributed by atoms with Crippen LogP contribution in [0.3, 0.4) is 0 Å². The first-order chi connectivity index (χ1) is 14.1. The number of nitrogens with one attached hydrogen (secondary N) is 3. The maximum Gasteiger partial charge on any atom is 0.319 e. The molecule has 4 amide bonds. The fourth-order valence-corrected chi connectivity index (χ4v) is 3.00. The molecule has 1 fully saturated rings. The standard InChI is InChI=1S/C20H31N5O4/c1-29-15-5-9-21-18(26)16-24-11-13-25(14-12-24)19(27)8-10-22-20(28)23-17-6-3-2-4-7-17/h2-4,6-7H,5,8-16H2,1H3,(H,21,26)(H2,22,23,28). The Bertz CT molecular complexity index is 648. The minimum absolute atomic E-state index is 0.00509. The molecule has 1 aromatic rings. The summed E-state index contributed by atoms with van der Waals surface area (Å²) in [4.78, 5) is 39.9. The molecule has 1 aliphatic rings. The van der Waals surface area contributed by atoms with Crippen molar-refractivity contribution >= 4 is 23.5 Å². The second-order valence-electron chi connectivity index (χ2n) is 6.85. The summed E-state index contributed by atoms with van der Waals surface area (Å²) >= 11 is 0. The van der Waals surface area contributed by atoms with Crippen LogP contribution in [0, 0.1) is 0 Å². The summed E-state index contributed by atoms with van der Waals surface area (Å²) in [6.07, 6.45) is 1.05. The highest BCUT2D eigenvalue weighted by Crippen LogP contribution is 2.05. The first kappa shape index (κ1) is 22.6. The number of ether oxygens (including phenoxy) is 1. The van der Waals surface area contributed by atoms with E-state index in [1.807, 2.05) is 23.1 Å². The van der Waals surface area contributed by atoms with Crippen molar-refractivity contribution in [2.75, 3.05) is 64.8 Å². The average Bonchev–Trinajstić information content (AvgIpc) is 2.72. The van der Waals surface area contributed by atoms with Gasteiger partial charge in [0, 0.05) is 65.1 Å². The highest BCUT2D eigenvalue weighted by Gasteiger charge is 2.22. The van der Waals surface area contributed by atoms with Crippen molar-refractivity contribution in [3.8, 4) is 0 Å². The SMILES string of the molecule is COCCCNC(=O)CN1CCN(C(=O)CCNC(=O)Nc2ccccc2)CC1. The number of methoxy groups -OCH3 is 1. The van der Waals surface area contributed by atoms with Crippen LogP contribution in [0.4, 0.5) is 10.5 Å². The lowest BCUT2D eigenvalue weighted by atomic mass is 10.2. The summed E-state index contributed by atoms with van der Waals surface area (Å²) in [6.45, 7) is 4.37. The quantitative estimate of drug-likeness (QED) is 0.492. The van der Waals surface area contributed by atoms with E-state index in [0.29, 0.717) is 51.6 Å². The van der Waals surface area contributed by atoms with Gasteiger partial charge in [0.15, 0.2) is 0 Å². The third-order valence-corrected chi connectivity index (χ3v) is 4.60. The number of carbonyl (C=O) groups is 3. The molecule has 9 nitrogen and oxygen atoms in total. The van der Waals surface area contributed by atoms with Crippen molar-refractivity contribution in [3.05, 3.63) is 30.3 Å². The lowest BCUT2D eigenvalue weighted by molar-refractivity contribution is -0.133. The van der Waals surface area contributed by atoms with Crippen molar-refractivity contribution < 1.29 is 19.1 Å². The number of anilines is 1. The number of nitrogens with zero attached hydrogens (tertiary/aromatic N) is 2. The van der Waals surface area contributed by atoms with Gasteiger partial charge in [-0.1, -0.05) is 18.2 Å². The highest BCUT2D eigenvalue weighted by atomic mass is 16.5. The molecule has 9 heteroatoms. The minimum Gasteiger partial charge on any atom is -0.385 e. The van der Waals surface area contributed by atoms with Crippen LogP contribution in [0.15, 0.2) is 30.3 Å². The number of hydrogen-bond acceptors (Lipinski definition) is 5. The molecule has 160 valence electrons. The second kappa shape index (κ2) is 12.7. The molecule has 29 heavy (non-hydrogen) atoms. The monoisotopic (exact) mass is 405 g/mol. The number of amides is 4. The van der Waals surface area contributed by atoms with E-state index in [-0.39, 0.29) is 30.8 Å². The van der Waals surface area contributed by atoms with E-state index in [1.165, 1.54) is 0 Å². The maximum absolute atomic E-state index is 12.3. The molecule has 1 aromatic carbocycles. The molecule has 0 aromatic heterocycles. The van der Waals surface area contributed by atoms with Gasteiger partial charge in [0.1, 0.15) is 0 Å². The Hall–Kier alpha value is -2.65. The molecule has 0 aliphatic carbocycles. The first-order valence-corrected chi connectivity index (χ1v) is 9.94. The summed E-state index contributed by atoms with van der Waals surface area (Å²) in [7, 11) is 1.64. The van der Waals surface area contributed by atoms with E-state index in [0.717, 1.165) is 6.42 Å². The summed E-state index contributed by atoms with van der Waals surface area (Å²) in [5.41, 5.74) is 0.704. The predicted molar refractivity (Wildman–Crippen MR) is 111 cm³/mol. The van der Waals surface area contributed by atoms with Crippen LogP contribution in [-0.2, 0) is 14.3 Å². The van der Waals surface area contributed by atoms with E-state index in [9.17, 15) is 14.4 Å². The van der Waals surface area contributed by atoms with Gasteiger partial charge in [-0.25, -0.2) is 4.79 Å². The Labute approximate surface area is 171 Å². The van der Waals surface area contributed by atoms with Crippen LogP contribution in [-0.4, -0.2) is 87.2 Å². The Kier molecular flexibility index (Phi) is 9.94. The topological polar surface area (TPSA) is 103 Å². The van der Waals surface area contributed by atoms with Gasteiger partial charge in [0.2, 0.25) is 11.8 Å². The molecule has 0 saturated carbocycles. The van der Waals surface area contributed by atoms with Crippen molar-refractivity contribution in [2.45, 2.75) is 12.8 Å². The first-order valence-electron chi connectivity index (χ1n) is 9.94. The van der Waals surface area contributed by atoms with Gasteiger partial charge in [-0.05, 0) is 18.6 Å². The van der Waals surface area contributed by atoms with Gasteiger partial charge in [-0.2, -0.15) is 0 Å². The van der Waals surface area contributed by atoms with Gasteiger partial charge in [0.05, 0.1) is 6.54 Å². The molecule has 0 atom stereocenters. The van der Waals surface area contributed by atoms with E-state index in [4.69, 9.17) is 4.74 Å². The van der Waals surface area contributed by atoms with Crippen molar-refractivity contribution in [1.29, 1.82) is 0 Å². The Morgan fingerprint density at radius 2 is 1.72 bits per heavy atom. The number of benzene rings is 1. The molecule has 1 aliphatic heterocycles. The molecule has 0 spiro atoms. The van der Waals surface area contributed by atoms with Crippen LogP contribution in [0.25, 0.3) is 0 Å². The van der Waals surface area contributed by atoms with Gasteiger partial charge in [-0.3, -0.25) is 14.5 Å². The number of carbonyl (C=O) groups excluding carboxylic acids is 3. The summed E-state index contributed by atoms with van der Waals surface area (Å²) in [5, 5.41) is 8.28. The van der Waals surface area contributed by atoms with Crippen LogP contribution in [0.5, 0.6) is 0 Å². The highest BCUT2D eigenvalue weighted by molar-refractivity contribution is 5.89. The zero-order valence-electron chi connectivity index (χ0n) is 17.0. The molecule has 1 heterocycles. The molecule has 2 rings (SSSR count). The fraction of sp³-hybridized carbons (Fsp3) is 0.550. The molecular weight excluding hydrogens is 374 g/mol. The molecular formula is C20H31N5O4. The molecule has 1 saturated heterocycles. The van der Waals surface area contributed by atoms with Crippen molar-refractivity contribution in [3.63, 3.8) is 0 Å². The van der Waals surface area contributed by atoms with Crippen LogP contribution in [0.2, 0.25) is 0 Å². The van der Waals surface area contributed by atoms with Crippen molar-refractivity contribution in [1.82, 2.24) is 20.4 Å². The zero-order valence-corrected chi connectivity index (χ0v) is 17.0. The van der Waals surface area contributed by atoms with E-state index >= 15 is 0 Å².